The van der Waals surface area contributed by atoms with E-state index >= 15 is 0 Å². The molecule has 3 heterocycles. The molecule has 0 aliphatic heterocycles. The number of nitrogens with zero attached hydrogens (tertiary/aromatic N) is 5. The number of aromatic nitrogens is 5. The predicted molar refractivity (Wildman–Crippen MR) is 315 cm³/mol. The first kappa shape index (κ1) is 48.6. The Kier molecular flexibility index (Phi) is 11.5. The van der Waals surface area contributed by atoms with Crippen molar-refractivity contribution in [3.8, 4) is 56.7 Å². The fourth-order valence-electron chi connectivity index (χ4n) is 10.6. The lowest BCUT2D eigenvalue weighted by Crippen LogP contribution is -2.16. The number of benzene rings is 8. The van der Waals surface area contributed by atoms with Gasteiger partial charge in [0.05, 0.1) is 27.8 Å². The molecule has 11 aromatic rings. The molecule has 0 unspecified atom stereocenters. The third-order valence-electron chi connectivity index (χ3n) is 15.1. The molecule has 74 heavy (non-hydrogen) atoms. The molecule has 0 fully saturated rings. The van der Waals surface area contributed by atoms with Gasteiger partial charge in [0.1, 0.15) is 0 Å². The van der Waals surface area contributed by atoms with Crippen LogP contribution in [0.4, 0.5) is 0 Å². The maximum absolute atomic E-state index is 5.57. The highest BCUT2D eigenvalue weighted by molar-refractivity contribution is 6.12. The highest BCUT2D eigenvalue weighted by Crippen LogP contribution is 2.42. The van der Waals surface area contributed by atoms with Crippen molar-refractivity contribution >= 4 is 43.6 Å². The molecule has 0 radical (unpaired) electrons. The van der Waals surface area contributed by atoms with Crippen molar-refractivity contribution in [2.75, 3.05) is 0 Å². The third kappa shape index (κ3) is 8.80. The van der Waals surface area contributed by atoms with E-state index in [1.807, 2.05) is 6.07 Å². The number of aryl methyl sites for hydroxylation is 2. The van der Waals surface area contributed by atoms with Crippen LogP contribution in [-0.4, -0.2) is 24.1 Å². The van der Waals surface area contributed by atoms with E-state index in [0.29, 0.717) is 17.6 Å². The van der Waals surface area contributed by atoms with E-state index in [1.54, 1.807) is 0 Å². The second-order valence-electron chi connectivity index (χ2n) is 24.9. The Bertz CT molecular complexity index is 3750. The minimum absolute atomic E-state index is 0.0242. The summed E-state index contributed by atoms with van der Waals surface area (Å²) in [6, 6.07) is 60.7. The van der Waals surface area contributed by atoms with Gasteiger partial charge < -0.3 is 4.57 Å². The van der Waals surface area contributed by atoms with Crippen LogP contribution < -0.4 is 0 Å². The van der Waals surface area contributed by atoms with E-state index in [0.717, 1.165) is 49.7 Å². The minimum Gasteiger partial charge on any atom is -0.309 e. The van der Waals surface area contributed by atoms with Gasteiger partial charge in [-0.2, -0.15) is 9.97 Å². The Balaban J connectivity index is 1.20. The first-order valence-corrected chi connectivity index (χ1v) is 26.3. The van der Waals surface area contributed by atoms with E-state index < -0.39 is 0 Å². The van der Waals surface area contributed by atoms with Crippen molar-refractivity contribution in [2.45, 2.75) is 119 Å². The number of hydrogen-bond donors (Lipinski definition) is 0. The van der Waals surface area contributed by atoms with Crippen LogP contribution in [0.25, 0.3) is 100 Å². The van der Waals surface area contributed by atoms with Crippen LogP contribution in [0.2, 0.25) is 0 Å². The van der Waals surface area contributed by atoms with E-state index in [-0.39, 0.29) is 21.7 Å². The minimum atomic E-state index is -0.0242. The predicted octanol–water partition coefficient (Wildman–Crippen LogP) is 18.5. The SMILES string of the molecule is Cc1ccc2c(c1)c1cc(C)ccc1n2-c1ccccc1-c1nc(-c2ccccc2)nc(-n2c3ccc(-c4cc(C(C)(C)C)cc(C(C)(C)C)c4)cc3c3cc(-c4cc(C(C)(C)C)cc(C(C)(C)C)c4)ccc32)n1. The summed E-state index contributed by atoms with van der Waals surface area (Å²) in [4.78, 5) is 16.4. The van der Waals surface area contributed by atoms with Crippen molar-refractivity contribution in [3.05, 3.63) is 197 Å². The van der Waals surface area contributed by atoms with E-state index in [2.05, 4.69) is 264 Å². The highest BCUT2D eigenvalue weighted by atomic mass is 15.2. The summed E-state index contributed by atoms with van der Waals surface area (Å²) >= 11 is 0. The fourth-order valence-corrected chi connectivity index (χ4v) is 10.6. The van der Waals surface area contributed by atoms with Gasteiger partial charge in [0.2, 0.25) is 5.95 Å². The van der Waals surface area contributed by atoms with Crippen molar-refractivity contribution in [3.63, 3.8) is 0 Å². The Labute approximate surface area is 438 Å². The van der Waals surface area contributed by atoms with Gasteiger partial charge >= 0.3 is 0 Å². The van der Waals surface area contributed by atoms with Crippen LogP contribution in [0.15, 0.2) is 164 Å². The van der Waals surface area contributed by atoms with Crippen molar-refractivity contribution in [1.29, 1.82) is 0 Å². The maximum atomic E-state index is 5.57. The number of para-hydroxylation sites is 1. The maximum Gasteiger partial charge on any atom is 0.238 e. The largest absolute Gasteiger partial charge is 0.309 e. The molecule has 11 rings (SSSR count). The normalized spacial score (nSPS) is 12.7. The van der Waals surface area contributed by atoms with E-state index in [1.165, 1.54) is 66.4 Å². The van der Waals surface area contributed by atoms with E-state index in [9.17, 15) is 0 Å². The van der Waals surface area contributed by atoms with Crippen molar-refractivity contribution in [2.24, 2.45) is 0 Å². The summed E-state index contributed by atoms with van der Waals surface area (Å²) in [5, 5.41) is 4.73. The second kappa shape index (κ2) is 17.5. The van der Waals surface area contributed by atoms with Crippen LogP contribution >= 0.6 is 0 Å². The summed E-state index contributed by atoms with van der Waals surface area (Å²) in [5.41, 5.74) is 19.6. The van der Waals surface area contributed by atoms with Gasteiger partial charge in [0.25, 0.3) is 0 Å². The van der Waals surface area contributed by atoms with Gasteiger partial charge in [-0.05, 0) is 141 Å². The van der Waals surface area contributed by atoms with Crippen LogP contribution in [0.1, 0.15) is 116 Å². The summed E-state index contributed by atoms with van der Waals surface area (Å²) < 4.78 is 4.65. The topological polar surface area (TPSA) is 48.5 Å². The van der Waals surface area contributed by atoms with Crippen molar-refractivity contribution in [1.82, 2.24) is 24.1 Å². The van der Waals surface area contributed by atoms with Gasteiger partial charge in [-0.3, -0.25) is 4.57 Å². The molecular weight excluding hydrogens is 899 g/mol. The summed E-state index contributed by atoms with van der Waals surface area (Å²) in [6.07, 6.45) is 0. The first-order chi connectivity index (χ1) is 35.0. The van der Waals surface area contributed by atoms with Gasteiger partial charge in [0, 0.05) is 32.7 Å². The zero-order valence-electron chi connectivity index (χ0n) is 45.8. The zero-order valence-corrected chi connectivity index (χ0v) is 45.8. The number of rotatable bonds is 6. The van der Waals surface area contributed by atoms with Gasteiger partial charge in [0.15, 0.2) is 11.6 Å². The average Bonchev–Trinajstić information content (AvgIpc) is 3.86. The quantitative estimate of drug-likeness (QED) is 0.167. The molecule has 370 valence electrons. The molecule has 5 nitrogen and oxygen atoms in total. The van der Waals surface area contributed by atoms with E-state index in [4.69, 9.17) is 15.0 Å². The molecule has 0 bridgehead atoms. The number of hydrogen-bond acceptors (Lipinski definition) is 3. The highest BCUT2D eigenvalue weighted by Gasteiger charge is 2.26. The molecule has 8 aromatic carbocycles. The molecule has 0 N–H and O–H groups in total. The molecule has 0 aliphatic rings. The molecular formula is C69H69N5. The van der Waals surface area contributed by atoms with Gasteiger partial charge in [-0.1, -0.05) is 197 Å². The van der Waals surface area contributed by atoms with Crippen LogP contribution in [0.5, 0.6) is 0 Å². The van der Waals surface area contributed by atoms with Crippen LogP contribution in [0, 0.1) is 13.8 Å². The second-order valence-corrected chi connectivity index (χ2v) is 24.9. The first-order valence-electron chi connectivity index (χ1n) is 26.3. The zero-order chi connectivity index (χ0) is 52.2. The summed E-state index contributed by atoms with van der Waals surface area (Å²) in [5.74, 6) is 1.77. The Morgan fingerprint density at radius 2 is 0.703 bits per heavy atom. The monoisotopic (exact) mass is 968 g/mol. The smallest absolute Gasteiger partial charge is 0.238 e. The lowest BCUT2D eigenvalue weighted by Gasteiger charge is -2.26. The van der Waals surface area contributed by atoms with Crippen molar-refractivity contribution < 1.29 is 0 Å². The Hall–Kier alpha value is -7.63. The standard InChI is InChI=1S/C69H69N5/c1-42-24-28-59-54(32-42)55-33-43(2)25-29-60(55)73(59)58-23-19-18-22-53(58)64-70-63(44-20-16-15-17-21-44)71-65(72-64)74-61-30-26-45(47-34-49(66(3,4)5)40-50(35-47)67(6,7)8)38-56(61)57-39-46(27-31-62(57)74)48-36-51(68(9,10)11)41-52(37-48)69(12,13)14/h15-41H,1-14H3. The molecule has 0 amide bonds. The van der Waals surface area contributed by atoms with Crippen LogP contribution in [0.3, 0.4) is 0 Å². The summed E-state index contributed by atoms with van der Waals surface area (Å²) in [6.45, 7) is 32.1. The number of fused-ring (bicyclic) bond motifs is 6. The average molecular weight is 968 g/mol. The molecule has 0 spiro atoms. The lowest BCUT2D eigenvalue weighted by atomic mass is 9.78. The fraction of sp³-hybridized carbons (Fsp3) is 0.261. The molecule has 0 saturated carbocycles. The molecule has 0 atom stereocenters. The molecule has 0 aliphatic carbocycles. The van der Waals surface area contributed by atoms with Gasteiger partial charge in [-0.25, -0.2) is 4.98 Å². The molecule has 0 saturated heterocycles. The molecule has 3 aromatic heterocycles. The molecule has 5 heteroatoms. The Morgan fingerprint density at radius 1 is 0.311 bits per heavy atom. The van der Waals surface area contributed by atoms with Gasteiger partial charge in [-0.15, -0.1) is 0 Å². The Morgan fingerprint density at radius 3 is 1.16 bits per heavy atom. The van der Waals surface area contributed by atoms with Crippen LogP contribution in [-0.2, 0) is 21.7 Å². The lowest BCUT2D eigenvalue weighted by molar-refractivity contribution is 0.568. The summed E-state index contributed by atoms with van der Waals surface area (Å²) in [7, 11) is 0. The third-order valence-corrected chi connectivity index (χ3v) is 15.1.